The van der Waals surface area contributed by atoms with Crippen LogP contribution in [0.3, 0.4) is 0 Å². The van der Waals surface area contributed by atoms with E-state index in [9.17, 15) is 28.8 Å². The van der Waals surface area contributed by atoms with Crippen molar-refractivity contribution in [2.24, 2.45) is 51.8 Å². The van der Waals surface area contributed by atoms with Gasteiger partial charge in [0.05, 0.1) is 31.8 Å². The Kier molecular flexibility index (Phi) is 32.1. The van der Waals surface area contributed by atoms with Crippen molar-refractivity contribution in [3.8, 4) is 0 Å². The molecule has 8 saturated heterocycles. The van der Waals surface area contributed by atoms with Gasteiger partial charge in [0.15, 0.2) is 24.8 Å². The highest BCUT2D eigenvalue weighted by Gasteiger charge is 2.64. The predicted octanol–water partition coefficient (Wildman–Crippen LogP) is 14.8. The number of esters is 2. The first kappa shape index (κ1) is 103. The standard InChI is InChI=1S/C91H158N6O26/c1-37-69(118-75(100)112-63-39-83(19,20)92(31)57(9)51(63)3)90(120-77(102)114-65-41-85(23,24)94(33)59(11)53(65)5,121-78(103)115-66-42-86(25,26)95(34)60(12)54(66)6)71(98)106-45-81(15,16)73-108-47-89(48-109-73)49-110-74(111-50-89)82(17,18)46-107-72(99)91(122-79(104)116-67-43-87(27,28)96(35)61(13)55(67)7,123-80(105)117-68-44-88(29,30)97(36)62(14)56(68)8)70(38-2)119-76(101)113-64-40-84(21,22)93(32)58(10)52(64)4/h51-70,73-74H,37-50H2,1-36H3. The van der Waals surface area contributed by atoms with Gasteiger partial charge in [-0.2, -0.15) is 0 Å². The number of hydrogen-bond donors (Lipinski definition) is 0. The van der Waals surface area contributed by atoms with Crippen LogP contribution in [-0.2, 0) is 94.9 Å². The van der Waals surface area contributed by atoms with E-state index in [2.05, 4.69) is 29.4 Å². The largest absolute Gasteiger partial charge is 0.512 e. The number of likely N-dealkylation sites (tertiary alicyclic amines) is 6. The van der Waals surface area contributed by atoms with Crippen molar-refractivity contribution in [2.45, 2.75) is 402 Å². The molecule has 0 aromatic carbocycles. The fourth-order valence-electron chi connectivity index (χ4n) is 19.4. The van der Waals surface area contributed by atoms with Gasteiger partial charge in [-0.1, -0.05) is 83.1 Å². The second kappa shape index (κ2) is 38.5. The summed E-state index contributed by atoms with van der Waals surface area (Å²) in [5, 5.41) is 0. The fourth-order valence-corrected chi connectivity index (χ4v) is 19.4. The third kappa shape index (κ3) is 22.4. The Labute approximate surface area is 733 Å². The average molecular weight is 1750 g/mol. The number of piperidine rings is 6. The lowest BCUT2D eigenvalue weighted by molar-refractivity contribution is -0.338. The van der Waals surface area contributed by atoms with Crippen molar-refractivity contribution in [1.29, 1.82) is 0 Å². The molecule has 8 rings (SSSR count). The molecule has 123 heavy (non-hydrogen) atoms. The summed E-state index contributed by atoms with van der Waals surface area (Å²) in [6.45, 7) is 56.8. The van der Waals surface area contributed by atoms with Crippen LogP contribution < -0.4 is 0 Å². The van der Waals surface area contributed by atoms with Crippen LogP contribution in [0.4, 0.5) is 28.8 Å². The number of ether oxygens (including phenoxy) is 18. The van der Waals surface area contributed by atoms with Crippen molar-refractivity contribution in [3.63, 3.8) is 0 Å². The fraction of sp³-hybridized carbons (Fsp3) is 0.912. The number of carbonyl (C=O) groups is 8. The highest BCUT2D eigenvalue weighted by molar-refractivity contribution is 5.85. The lowest BCUT2D eigenvalue weighted by Gasteiger charge is -2.50. The van der Waals surface area contributed by atoms with Gasteiger partial charge < -0.3 is 85.3 Å². The first-order valence-electron chi connectivity index (χ1n) is 44.9. The lowest BCUT2D eigenvalue weighted by atomic mass is 9.79. The van der Waals surface area contributed by atoms with E-state index >= 15 is 9.59 Å². The maximum absolute atomic E-state index is 15.8. The molecule has 8 fully saturated rings. The van der Waals surface area contributed by atoms with E-state index in [1.54, 1.807) is 41.5 Å². The summed E-state index contributed by atoms with van der Waals surface area (Å²) in [4.78, 5) is 133. The predicted molar refractivity (Wildman–Crippen MR) is 456 cm³/mol. The van der Waals surface area contributed by atoms with E-state index in [1.165, 1.54) is 0 Å². The zero-order valence-electron chi connectivity index (χ0n) is 81.4. The summed E-state index contributed by atoms with van der Waals surface area (Å²) < 4.78 is 113. The van der Waals surface area contributed by atoms with E-state index in [4.69, 9.17) is 85.3 Å². The zero-order valence-corrected chi connectivity index (χ0v) is 81.4. The van der Waals surface area contributed by atoms with Crippen LogP contribution >= 0.6 is 0 Å². The van der Waals surface area contributed by atoms with Crippen LogP contribution in [0.1, 0.15) is 259 Å². The summed E-state index contributed by atoms with van der Waals surface area (Å²) in [5.74, 6) is -10.8. The topological polar surface area (TPSA) is 322 Å². The molecular formula is C91H158N6O26. The highest BCUT2D eigenvalue weighted by Crippen LogP contribution is 2.47. The molecule has 20 unspecified atom stereocenters. The van der Waals surface area contributed by atoms with Gasteiger partial charge in [-0.15, -0.1) is 0 Å². The number of rotatable bonds is 24. The van der Waals surface area contributed by atoms with E-state index in [-0.39, 0.29) is 111 Å². The molecule has 0 saturated carbocycles. The molecule has 32 heteroatoms. The summed E-state index contributed by atoms with van der Waals surface area (Å²) >= 11 is 0. The third-order valence-corrected chi connectivity index (χ3v) is 31.3. The average Bonchev–Trinajstić information content (AvgIpc) is 0.764. The number of hydrogen-bond acceptors (Lipinski definition) is 32. The number of carbonyl (C=O) groups excluding carboxylic acids is 8. The maximum Gasteiger partial charge on any atom is 0.512 e. The molecule has 20 atom stereocenters. The van der Waals surface area contributed by atoms with Crippen LogP contribution in [0.25, 0.3) is 0 Å². The van der Waals surface area contributed by atoms with Crippen molar-refractivity contribution < 1.29 is 124 Å². The zero-order chi connectivity index (χ0) is 92.9. The molecule has 1 spiro atoms. The number of nitrogens with zero attached hydrogens (tertiary/aromatic N) is 6. The van der Waals surface area contributed by atoms with Crippen LogP contribution in [0.5, 0.6) is 0 Å². The van der Waals surface area contributed by atoms with Gasteiger partial charge in [-0.25, -0.2) is 38.4 Å². The Morgan fingerprint density at radius 3 is 0.675 bits per heavy atom. The molecule has 8 aliphatic heterocycles. The Bertz CT molecular complexity index is 3300. The molecule has 0 radical (unpaired) electrons. The van der Waals surface area contributed by atoms with Gasteiger partial charge in [-0.3, -0.25) is 29.4 Å². The molecule has 0 bridgehead atoms. The van der Waals surface area contributed by atoms with Crippen LogP contribution in [-0.4, -0.2) is 303 Å². The molecule has 708 valence electrons. The lowest BCUT2D eigenvalue weighted by Crippen LogP contribution is -2.62. The minimum absolute atomic E-state index is 0.0302. The summed E-state index contributed by atoms with van der Waals surface area (Å²) in [7, 11) is 12.0. The molecule has 0 N–H and O–H groups in total. The molecule has 0 aromatic rings. The molecule has 8 heterocycles. The second-order valence-electron chi connectivity index (χ2n) is 43.1. The Hall–Kier alpha value is -5.84. The minimum Gasteiger partial charge on any atom is -0.459 e. The Morgan fingerprint density at radius 2 is 0.496 bits per heavy atom. The summed E-state index contributed by atoms with van der Waals surface area (Å²) in [5.41, 5.74) is -6.19. The summed E-state index contributed by atoms with van der Waals surface area (Å²) in [6, 6.07) is -0.449. The van der Waals surface area contributed by atoms with Crippen molar-refractivity contribution in [3.05, 3.63) is 0 Å². The summed E-state index contributed by atoms with van der Waals surface area (Å²) in [6.07, 6.45) is -17.1. The quantitative estimate of drug-likeness (QED) is 0.0492. The monoisotopic (exact) mass is 1750 g/mol. The highest BCUT2D eigenvalue weighted by atomic mass is 16.9. The Morgan fingerprint density at radius 1 is 0.317 bits per heavy atom. The van der Waals surface area contributed by atoms with Crippen molar-refractivity contribution >= 4 is 48.9 Å². The van der Waals surface area contributed by atoms with Gasteiger partial charge in [0.1, 0.15) is 49.8 Å². The van der Waals surface area contributed by atoms with E-state index < -0.39 is 185 Å². The molecule has 32 nitrogen and oxygen atoms in total. The SMILES string of the molecule is CCC(OC(=O)OC1CC(C)(C)N(C)C(C)C1C)C(OC(=O)OC1CC(C)(C)N(C)C(C)C1C)(OC(=O)OC1CC(C)(C)N(C)C(C)C1C)C(=O)OCC(C)(C)C1OCC2(CO1)COC(C(C)(C)COC(=O)C(OC(=O)OC1CC(C)(C)N(C)C(C)C1C)(OC(=O)OC1CC(C)(C)N(C)C(C)C1C)C(CC)OC(=O)OC1CC(C)(C)N(C)C(C)C1C)OC2. The van der Waals surface area contributed by atoms with Gasteiger partial charge in [0.25, 0.3) is 0 Å². The molecular weight excluding hydrogens is 1590 g/mol. The van der Waals surface area contributed by atoms with E-state index in [0.29, 0.717) is 38.5 Å². The molecule has 0 aliphatic carbocycles. The van der Waals surface area contributed by atoms with Crippen LogP contribution in [0, 0.1) is 51.8 Å². The van der Waals surface area contributed by atoms with Crippen molar-refractivity contribution in [2.75, 3.05) is 81.9 Å². The van der Waals surface area contributed by atoms with Gasteiger partial charge >= 0.3 is 60.4 Å². The normalized spacial score (nSPS) is 35.9. The smallest absolute Gasteiger partial charge is 0.459 e. The minimum atomic E-state index is -3.24. The molecule has 8 aliphatic rings. The maximum atomic E-state index is 15.8. The van der Waals surface area contributed by atoms with Gasteiger partial charge in [-0.05, 0) is 180 Å². The Balaban J connectivity index is 1.04. The van der Waals surface area contributed by atoms with E-state index in [1.807, 2.05) is 208 Å². The first-order valence-corrected chi connectivity index (χ1v) is 44.9. The second-order valence-corrected chi connectivity index (χ2v) is 43.1. The van der Waals surface area contributed by atoms with E-state index in [0.717, 1.165) is 0 Å². The van der Waals surface area contributed by atoms with Crippen molar-refractivity contribution in [1.82, 2.24) is 29.4 Å². The van der Waals surface area contributed by atoms with Crippen LogP contribution in [0.15, 0.2) is 0 Å². The van der Waals surface area contributed by atoms with Gasteiger partial charge in [0.2, 0.25) is 0 Å². The molecule has 0 aromatic heterocycles. The third-order valence-electron chi connectivity index (χ3n) is 31.3. The first-order chi connectivity index (χ1) is 56.4. The van der Waals surface area contributed by atoms with Crippen LogP contribution in [0.2, 0.25) is 0 Å². The molecule has 0 amide bonds. The van der Waals surface area contributed by atoms with Gasteiger partial charge in [0, 0.05) is 154 Å².